The highest BCUT2D eigenvalue weighted by atomic mass is 32.1. The van der Waals surface area contributed by atoms with Crippen molar-refractivity contribution in [1.29, 1.82) is 0 Å². The predicted molar refractivity (Wildman–Crippen MR) is 33.6 cm³/mol. The number of ketones is 1. The van der Waals surface area contributed by atoms with Crippen molar-refractivity contribution < 1.29 is 4.79 Å². The van der Waals surface area contributed by atoms with Crippen molar-refractivity contribution in [3.05, 3.63) is 0 Å². The fraction of sp³-hybridized carbons (Fsp3) is 0.500. The third kappa shape index (κ3) is 1.16. The zero-order valence-electron chi connectivity index (χ0n) is 4.23. The van der Waals surface area contributed by atoms with E-state index in [1.165, 1.54) is 0 Å². The summed E-state index contributed by atoms with van der Waals surface area (Å²) < 4.78 is 0. The van der Waals surface area contributed by atoms with Crippen LogP contribution in [0.2, 0.25) is 0 Å². The molecule has 1 heterocycles. The average Bonchev–Trinajstić information content (AvgIpc) is 1.77. The predicted octanol–water partition coefficient (Wildman–Crippen LogP) is -0.967. The Morgan fingerprint density at radius 1 is 1.38 bits per heavy atom. The number of carbonyl (C=O) groups is 1. The van der Waals surface area contributed by atoms with E-state index in [1.807, 2.05) is 0 Å². The fourth-order valence-corrected chi connectivity index (χ4v) is 0.627. The molecule has 0 spiro atoms. The number of carbonyl (C=O) groups excluding carboxylic acids is 1. The highest BCUT2D eigenvalue weighted by Crippen LogP contribution is 1.76. The Bertz CT molecular complexity index is 106. The number of hydrogen-bond acceptors (Lipinski definition) is 2. The van der Waals surface area contributed by atoms with Gasteiger partial charge in [0.1, 0.15) is 0 Å². The molecule has 4 heteroatoms. The summed E-state index contributed by atoms with van der Waals surface area (Å²) in [5.41, 5.74) is 0. The van der Waals surface area contributed by atoms with Gasteiger partial charge in [0.25, 0.3) is 0 Å². The molecule has 8 heavy (non-hydrogen) atoms. The highest BCUT2D eigenvalue weighted by Gasteiger charge is 2.08. The lowest BCUT2D eigenvalue weighted by atomic mass is 10.3. The Labute approximate surface area is 52.4 Å². The molecule has 0 bridgehead atoms. The third-order valence-electron chi connectivity index (χ3n) is 0.892. The van der Waals surface area contributed by atoms with E-state index < -0.39 is 0 Å². The summed E-state index contributed by atoms with van der Waals surface area (Å²) in [6.07, 6.45) is 0. The van der Waals surface area contributed by atoms with Crippen LogP contribution in [-0.4, -0.2) is 24.0 Å². The van der Waals surface area contributed by atoms with E-state index >= 15 is 0 Å². The molecule has 3 nitrogen and oxygen atoms in total. The standard InChI is InChI=1S/C4H6N2OS/c7-3-1-5-4(8)6-2-3/h1-2H2,(H2,5,6,8). The average molecular weight is 130 g/mol. The van der Waals surface area contributed by atoms with E-state index in [0.717, 1.165) is 0 Å². The van der Waals surface area contributed by atoms with Crippen molar-refractivity contribution in [1.82, 2.24) is 10.6 Å². The van der Waals surface area contributed by atoms with Crippen LogP contribution in [0.15, 0.2) is 0 Å². The molecule has 0 unspecified atom stereocenters. The monoisotopic (exact) mass is 130 g/mol. The number of hydrogen-bond donors (Lipinski definition) is 2. The van der Waals surface area contributed by atoms with Crippen molar-refractivity contribution in [2.75, 3.05) is 13.1 Å². The SMILES string of the molecule is O=C1CNC(=S)NC1. The van der Waals surface area contributed by atoms with Crippen molar-refractivity contribution in [3.8, 4) is 0 Å². The van der Waals surface area contributed by atoms with Crippen molar-refractivity contribution in [2.24, 2.45) is 0 Å². The Morgan fingerprint density at radius 3 is 2.25 bits per heavy atom. The molecule has 2 N–H and O–H groups in total. The zero-order valence-corrected chi connectivity index (χ0v) is 5.05. The lowest BCUT2D eigenvalue weighted by molar-refractivity contribution is -0.117. The van der Waals surface area contributed by atoms with E-state index in [2.05, 4.69) is 22.9 Å². The van der Waals surface area contributed by atoms with Crippen LogP contribution in [0.25, 0.3) is 0 Å². The molecule has 1 saturated heterocycles. The van der Waals surface area contributed by atoms with Gasteiger partial charge in [0.2, 0.25) is 0 Å². The van der Waals surface area contributed by atoms with Crippen LogP contribution in [0.3, 0.4) is 0 Å². The second kappa shape index (κ2) is 2.09. The topological polar surface area (TPSA) is 41.1 Å². The Morgan fingerprint density at radius 2 is 1.88 bits per heavy atom. The molecule has 0 radical (unpaired) electrons. The minimum atomic E-state index is 0.151. The second-order valence-electron chi connectivity index (χ2n) is 1.57. The third-order valence-corrected chi connectivity index (χ3v) is 1.18. The van der Waals surface area contributed by atoms with Gasteiger partial charge in [-0.25, -0.2) is 0 Å². The van der Waals surface area contributed by atoms with Gasteiger partial charge in [-0.05, 0) is 12.2 Å². The van der Waals surface area contributed by atoms with Crippen LogP contribution in [0.4, 0.5) is 0 Å². The summed E-state index contributed by atoms with van der Waals surface area (Å²) in [5.74, 6) is 0.151. The smallest absolute Gasteiger partial charge is 0.170 e. The van der Waals surface area contributed by atoms with Gasteiger partial charge in [-0.15, -0.1) is 0 Å². The van der Waals surface area contributed by atoms with Crippen LogP contribution in [0, 0.1) is 0 Å². The molecule has 1 fully saturated rings. The van der Waals surface area contributed by atoms with Crippen LogP contribution in [0.1, 0.15) is 0 Å². The lowest BCUT2D eigenvalue weighted by Crippen LogP contribution is -2.48. The summed E-state index contributed by atoms with van der Waals surface area (Å²) in [5, 5.41) is 5.98. The zero-order chi connectivity index (χ0) is 5.98. The van der Waals surface area contributed by atoms with E-state index in [4.69, 9.17) is 0 Å². The molecule has 0 aromatic heterocycles. The highest BCUT2D eigenvalue weighted by molar-refractivity contribution is 7.80. The minimum Gasteiger partial charge on any atom is -0.356 e. The lowest BCUT2D eigenvalue weighted by Gasteiger charge is -2.14. The fourth-order valence-electron chi connectivity index (χ4n) is 0.483. The van der Waals surface area contributed by atoms with Gasteiger partial charge in [0.05, 0.1) is 13.1 Å². The molecule has 0 atom stereocenters. The van der Waals surface area contributed by atoms with Crippen LogP contribution in [-0.2, 0) is 4.79 Å². The molecule has 0 saturated carbocycles. The second-order valence-corrected chi connectivity index (χ2v) is 1.98. The summed E-state index contributed by atoms with van der Waals surface area (Å²) in [6.45, 7) is 0.762. The quantitative estimate of drug-likeness (QED) is 0.414. The number of nitrogens with one attached hydrogen (secondary N) is 2. The molecule has 1 rings (SSSR count). The van der Waals surface area contributed by atoms with Crippen LogP contribution < -0.4 is 10.6 Å². The van der Waals surface area contributed by atoms with Gasteiger partial charge in [-0.2, -0.15) is 0 Å². The number of Topliss-reactive ketones (excluding diaryl/α,β-unsaturated/α-hetero) is 1. The maximum absolute atomic E-state index is 10.4. The Balaban J connectivity index is 2.40. The maximum Gasteiger partial charge on any atom is 0.170 e. The minimum absolute atomic E-state index is 0.151. The molecule has 1 aliphatic rings. The maximum atomic E-state index is 10.4. The summed E-state index contributed by atoms with van der Waals surface area (Å²) in [7, 11) is 0. The van der Waals surface area contributed by atoms with Gasteiger partial charge in [0.15, 0.2) is 10.9 Å². The number of rotatable bonds is 0. The van der Waals surface area contributed by atoms with Crippen LogP contribution >= 0.6 is 12.2 Å². The van der Waals surface area contributed by atoms with Gasteiger partial charge < -0.3 is 10.6 Å². The van der Waals surface area contributed by atoms with Crippen molar-refractivity contribution in [3.63, 3.8) is 0 Å². The first-order chi connectivity index (χ1) is 3.79. The van der Waals surface area contributed by atoms with Gasteiger partial charge >= 0.3 is 0 Å². The largest absolute Gasteiger partial charge is 0.356 e. The van der Waals surface area contributed by atoms with E-state index in [-0.39, 0.29) is 5.78 Å². The van der Waals surface area contributed by atoms with E-state index in [9.17, 15) is 4.79 Å². The van der Waals surface area contributed by atoms with Gasteiger partial charge in [0, 0.05) is 0 Å². The van der Waals surface area contributed by atoms with E-state index in [0.29, 0.717) is 18.2 Å². The van der Waals surface area contributed by atoms with Crippen LogP contribution in [0.5, 0.6) is 0 Å². The van der Waals surface area contributed by atoms with Gasteiger partial charge in [-0.3, -0.25) is 4.79 Å². The first-order valence-electron chi connectivity index (χ1n) is 2.32. The molecule has 0 aliphatic carbocycles. The van der Waals surface area contributed by atoms with E-state index in [1.54, 1.807) is 0 Å². The first kappa shape index (κ1) is 5.50. The molecule has 44 valence electrons. The first-order valence-corrected chi connectivity index (χ1v) is 2.73. The molecule has 1 aliphatic heterocycles. The molecule has 0 aromatic rings. The van der Waals surface area contributed by atoms with Crippen molar-refractivity contribution in [2.45, 2.75) is 0 Å². The summed E-state index contributed by atoms with van der Waals surface area (Å²) in [4.78, 5) is 10.4. The molecule has 0 amide bonds. The molecular weight excluding hydrogens is 124 g/mol. The molecule has 0 aromatic carbocycles. The summed E-state index contributed by atoms with van der Waals surface area (Å²) >= 11 is 4.68. The molecular formula is C4H6N2OS. The van der Waals surface area contributed by atoms with Gasteiger partial charge in [-0.1, -0.05) is 0 Å². The van der Waals surface area contributed by atoms with Crippen molar-refractivity contribution >= 4 is 23.1 Å². The Hall–Kier alpha value is -0.640. The number of thiocarbonyl (C=S) groups is 1. The summed E-state index contributed by atoms with van der Waals surface area (Å²) in [6, 6.07) is 0. The normalized spacial score (nSPS) is 19.5. The Kier molecular flexibility index (Phi) is 1.43.